The molecule has 1 saturated carbocycles. The Kier molecular flexibility index (Phi) is 8.39. The number of Topliss-reactive ketones (excluding diaryl/α,β-unsaturated/α-hetero) is 1. The minimum atomic E-state index is -2.39. The van der Waals surface area contributed by atoms with E-state index in [1.807, 2.05) is 0 Å². The third-order valence-electron chi connectivity index (χ3n) is 6.64. The lowest BCUT2D eigenvalue weighted by Gasteiger charge is -2.31. The normalized spacial score (nSPS) is 29.2. The van der Waals surface area contributed by atoms with Crippen LogP contribution in [0.5, 0.6) is 5.75 Å². The Morgan fingerprint density at radius 2 is 1.73 bits per heavy atom. The van der Waals surface area contributed by atoms with Gasteiger partial charge in [0.25, 0.3) is 5.91 Å². The van der Waals surface area contributed by atoms with Gasteiger partial charge in [-0.2, -0.15) is 0 Å². The van der Waals surface area contributed by atoms with E-state index in [0.717, 1.165) is 0 Å². The smallest absolute Gasteiger partial charge is 0.309 e. The molecule has 11 nitrogen and oxygen atoms in total. The molecule has 1 aromatic carbocycles. The van der Waals surface area contributed by atoms with Crippen LogP contribution >= 0.6 is 0 Å². The first-order chi connectivity index (χ1) is 17.3. The van der Waals surface area contributed by atoms with Gasteiger partial charge in [0.1, 0.15) is 28.9 Å². The van der Waals surface area contributed by atoms with Crippen molar-refractivity contribution in [3.63, 3.8) is 0 Å². The minimum absolute atomic E-state index is 0.0638. The summed E-state index contributed by atoms with van der Waals surface area (Å²) in [6.07, 6.45) is -1.17. The molecule has 37 heavy (non-hydrogen) atoms. The summed E-state index contributed by atoms with van der Waals surface area (Å²) in [5.74, 6) is -7.05. The molecular formula is C26H32N2O9. The van der Waals surface area contributed by atoms with E-state index in [-0.39, 0.29) is 30.1 Å². The van der Waals surface area contributed by atoms with Crippen molar-refractivity contribution in [1.29, 1.82) is 0 Å². The zero-order valence-corrected chi connectivity index (χ0v) is 20.9. The van der Waals surface area contributed by atoms with Crippen LogP contribution in [0, 0.1) is 5.92 Å². The summed E-state index contributed by atoms with van der Waals surface area (Å²) < 4.78 is 5.76. The number of aliphatic hydroxyl groups is 3. The lowest BCUT2D eigenvalue weighted by atomic mass is 9.86. The predicted octanol–water partition coefficient (Wildman–Crippen LogP) is 1.39. The first kappa shape index (κ1) is 27.9. The number of aromatic hydroxyl groups is 1. The van der Waals surface area contributed by atoms with Gasteiger partial charge in [-0.3, -0.25) is 24.1 Å². The highest BCUT2D eigenvalue weighted by molar-refractivity contribution is 6.21. The molecule has 200 valence electrons. The number of phenolic OH excluding ortho intramolecular Hbond substituents is 1. The number of carbonyl (C=O) groups is 4. The number of fused-ring (bicyclic) bond motifs is 1. The SMILES string of the molecule is C[C@@H]1C[C@H](OC(=O)C2CC2)C[C@H](N(C)C)/C(O)=C(/C(N)=O)C(=O)[C@@H](O)/C(O)=C/C(=O)c2c(O)cccc21. The number of aliphatic hydroxyl groups excluding tert-OH is 3. The van der Waals surface area contributed by atoms with Gasteiger partial charge >= 0.3 is 5.97 Å². The number of ketones is 2. The van der Waals surface area contributed by atoms with Gasteiger partial charge in [0.15, 0.2) is 11.9 Å². The standard InChI is InChI=1S/C26H32N2O9/c1-12-9-14(37-26(36)13-7-8-13)10-16(28(2)3)22(32)21(25(27)35)24(34)23(33)19(31)11-18(30)20-15(12)5-4-6-17(20)29/h4-6,11-14,16,23,29,31-33H,7-10H2,1-3H3,(H2,27,35)/b19-11-,22-21-/t12-,14+,16+,23+/m1/s1. The molecule has 1 aromatic rings. The van der Waals surface area contributed by atoms with Gasteiger partial charge in [0, 0.05) is 12.5 Å². The maximum Gasteiger partial charge on any atom is 0.309 e. The van der Waals surface area contributed by atoms with Crippen molar-refractivity contribution in [2.45, 2.75) is 56.8 Å². The minimum Gasteiger partial charge on any atom is -0.510 e. The lowest BCUT2D eigenvalue weighted by Crippen LogP contribution is -2.40. The Balaban J connectivity index is 2.21. The first-order valence-corrected chi connectivity index (χ1v) is 11.9. The topological polar surface area (TPSA) is 188 Å². The molecule has 0 spiro atoms. The van der Waals surface area contributed by atoms with Crippen LogP contribution in [0.25, 0.3) is 0 Å². The van der Waals surface area contributed by atoms with E-state index in [4.69, 9.17) is 10.5 Å². The number of hydrogen-bond donors (Lipinski definition) is 5. The number of nitrogens with two attached hydrogens (primary N) is 1. The van der Waals surface area contributed by atoms with Crippen molar-refractivity contribution in [3.05, 3.63) is 52.5 Å². The Morgan fingerprint density at radius 3 is 2.30 bits per heavy atom. The molecule has 2 aliphatic carbocycles. The van der Waals surface area contributed by atoms with Gasteiger partial charge < -0.3 is 30.9 Å². The number of benzene rings is 1. The summed E-state index contributed by atoms with van der Waals surface area (Å²) in [5, 5.41) is 42.2. The molecule has 0 bridgehead atoms. The average molecular weight is 517 g/mol. The van der Waals surface area contributed by atoms with Crippen LogP contribution in [0.2, 0.25) is 0 Å². The van der Waals surface area contributed by atoms with Crippen molar-refractivity contribution in [2.75, 3.05) is 14.1 Å². The van der Waals surface area contributed by atoms with Crippen molar-refractivity contribution >= 4 is 23.4 Å². The summed E-state index contributed by atoms with van der Waals surface area (Å²) in [5.41, 5.74) is 4.62. The Hall–Kier alpha value is -3.70. The van der Waals surface area contributed by atoms with Crippen molar-refractivity contribution < 1.29 is 44.3 Å². The van der Waals surface area contributed by atoms with E-state index in [0.29, 0.717) is 24.5 Å². The molecule has 4 atom stereocenters. The molecule has 0 aliphatic heterocycles. The molecule has 2 aliphatic rings. The van der Waals surface area contributed by atoms with Crippen molar-refractivity contribution in [2.24, 2.45) is 11.7 Å². The summed E-state index contributed by atoms with van der Waals surface area (Å²) in [4.78, 5) is 52.2. The number of hydrogen-bond acceptors (Lipinski definition) is 10. The zero-order valence-electron chi connectivity index (χ0n) is 20.9. The number of esters is 1. The fourth-order valence-electron chi connectivity index (χ4n) is 4.44. The monoisotopic (exact) mass is 516 g/mol. The second kappa shape index (κ2) is 11.1. The molecule has 0 heterocycles. The van der Waals surface area contributed by atoms with E-state index in [9.17, 15) is 39.6 Å². The summed E-state index contributed by atoms with van der Waals surface area (Å²) in [6, 6.07) is 3.37. The fraction of sp³-hybridized carbons (Fsp3) is 0.462. The van der Waals surface area contributed by atoms with Crippen LogP contribution < -0.4 is 5.73 Å². The van der Waals surface area contributed by atoms with Crippen molar-refractivity contribution in [3.8, 4) is 5.75 Å². The Morgan fingerprint density at radius 1 is 1.08 bits per heavy atom. The van der Waals surface area contributed by atoms with Crippen LogP contribution in [-0.4, -0.2) is 81.1 Å². The van der Waals surface area contributed by atoms with Gasteiger partial charge in [0.2, 0.25) is 5.78 Å². The molecule has 3 rings (SSSR count). The third kappa shape index (κ3) is 6.17. The largest absolute Gasteiger partial charge is 0.510 e. The Bertz CT molecular complexity index is 1170. The van der Waals surface area contributed by atoms with E-state index in [2.05, 4.69) is 0 Å². The number of ether oxygens (including phenoxy) is 1. The molecule has 0 radical (unpaired) electrons. The van der Waals surface area contributed by atoms with Crippen LogP contribution in [0.3, 0.4) is 0 Å². The van der Waals surface area contributed by atoms with Gasteiger partial charge in [-0.15, -0.1) is 0 Å². The molecule has 1 fully saturated rings. The summed E-state index contributed by atoms with van der Waals surface area (Å²) >= 11 is 0. The number of carbonyl (C=O) groups excluding carboxylic acids is 4. The number of primary amides is 1. The van der Waals surface area contributed by atoms with Crippen molar-refractivity contribution in [1.82, 2.24) is 4.90 Å². The van der Waals surface area contributed by atoms with Crippen LogP contribution in [0.4, 0.5) is 0 Å². The van der Waals surface area contributed by atoms with Gasteiger partial charge in [-0.25, -0.2) is 0 Å². The molecule has 6 N–H and O–H groups in total. The molecule has 1 amide bonds. The zero-order chi connectivity index (χ0) is 27.6. The fourth-order valence-corrected chi connectivity index (χ4v) is 4.44. The van der Waals surface area contributed by atoms with Gasteiger partial charge in [-0.1, -0.05) is 19.1 Å². The molecular weight excluding hydrogens is 484 g/mol. The maximum atomic E-state index is 13.0. The molecule has 0 saturated heterocycles. The van der Waals surface area contributed by atoms with E-state index < -0.39 is 64.7 Å². The first-order valence-electron chi connectivity index (χ1n) is 11.9. The number of amides is 1. The molecule has 11 heteroatoms. The second-order valence-electron chi connectivity index (χ2n) is 9.75. The van der Waals surface area contributed by atoms with E-state index in [1.165, 1.54) is 17.0 Å². The highest BCUT2D eigenvalue weighted by Crippen LogP contribution is 2.35. The number of allylic oxidation sites excluding steroid dienone is 1. The number of nitrogens with zero attached hydrogens (tertiary/aromatic N) is 1. The highest BCUT2D eigenvalue weighted by atomic mass is 16.5. The number of phenols is 1. The van der Waals surface area contributed by atoms with Crippen LogP contribution in [0.1, 0.15) is 54.4 Å². The van der Waals surface area contributed by atoms with E-state index in [1.54, 1.807) is 27.1 Å². The second-order valence-corrected chi connectivity index (χ2v) is 9.75. The predicted molar refractivity (Wildman–Crippen MR) is 131 cm³/mol. The Labute approximate surface area is 213 Å². The third-order valence-corrected chi connectivity index (χ3v) is 6.64. The average Bonchev–Trinajstić information content (AvgIpc) is 3.66. The van der Waals surface area contributed by atoms with Crippen LogP contribution in [0.15, 0.2) is 41.4 Å². The number of rotatable bonds is 4. The molecule has 0 aromatic heterocycles. The molecule has 0 unspecified atom stereocenters. The quantitative estimate of drug-likeness (QED) is 0.289. The number of likely N-dealkylation sites (N-methyl/N-ethyl adjacent to an activating group) is 1. The van der Waals surface area contributed by atoms with Gasteiger partial charge in [-0.05, 0) is 50.9 Å². The van der Waals surface area contributed by atoms with Crippen LogP contribution in [-0.2, 0) is 19.1 Å². The van der Waals surface area contributed by atoms with E-state index >= 15 is 0 Å². The lowest BCUT2D eigenvalue weighted by molar-refractivity contribution is -0.152. The summed E-state index contributed by atoms with van der Waals surface area (Å²) in [6.45, 7) is 1.76. The maximum absolute atomic E-state index is 13.0. The highest BCUT2D eigenvalue weighted by Gasteiger charge is 2.38. The van der Waals surface area contributed by atoms with Gasteiger partial charge in [0.05, 0.1) is 17.5 Å². The summed E-state index contributed by atoms with van der Waals surface area (Å²) in [7, 11) is 3.13.